The molecule has 4 heteroatoms. The lowest BCUT2D eigenvalue weighted by atomic mass is 10.0. The molecular weight excluding hydrogens is 286 g/mol. The van der Waals surface area contributed by atoms with Crippen molar-refractivity contribution in [3.8, 4) is 0 Å². The van der Waals surface area contributed by atoms with Gasteiger partial charge < -0.3 is 10.1 Å². The first-order valence-electron chi connectivity index (χ1n) is 5.92. The van der Waals surface area contributed by atoms with Gasteiger partial charge in [0.15, 0.2) is 0 Å². The normalized spacial score (nSPS) is 29.8. The monoisotopic (exact) mass is 301 g/mol. The predicted octanol–water partition coefficient (Wildman–Crippen LogP) is 3.34. The molecule has 2 fully saturated rings. The van der Waals surface area contributed by atoms with Gasteiger partial charge in [0.25, 0.3) is 0 Å². The minimum absolute atomic E-state index is 0.306. The zero-order valence-corrected chi connectivity index (χ0v) is 11.5. The van der Waals surface area contributed by atoms with Crippen LogP contribution in [0.5, 0.6) is 0 Å². The summed E-state index contributed by atoms with van der Waals surface area (Å²) in [6, 6.07) is 2.92. The maximum atomic E-state index is 5.88. The molecule has 88 valence electrons. The van der Waals surface area contributed by atoms with E-state index in [-0.39, 0.29) is 0 Å². The highest BCUT2D eigenvalue weighted by atomic mass is 79.9. The zero-order chi connectivity index (χ0) is 11.0. The van der Waals surface area contributed by atoms with E-state index in [1.165, 1.54) is 28.6 Å². The third kappa shape index (κ3) is 2.35. The molecule has 0 spiro atoms. The largest absolute Gasteiger partial charge is 0.372 e. The standard InChI is InChI=1S/C12H16BrNOS/c13-10-4-6-16-12(10)11-8(3-5-15-11)7-14-9-1-2-9/h4,6,8-9,11,14H,1-3,5,7H2. The molecule has 1 aliphatic heterocycles. The summed E-state index contributed by atoms with van der Waals surface area (Å²) in [6.45, 7) is 2.02. The maximum Gasteiger partial charge on any atom is 0.0969 e. The van der Waals surface area contributed by atoms with Gasteiger partial charge in [-0.05, 0) is 46.6 Å². The lowest BCUT2D eigenvalue weighted by Crippen LogP contribution is -2.26. The molecule has 1 aliphatic carbocycles. The van der Waals surface area contributed by atoms with E-state index in [2.05, 4.69) is 32.7 Å². The Hall–Kier alpha value is 0.1000. The number of ether oxygens (including phenoxy) is 1. The highest BCUT2D eigenvalue weighted by molar-refractivity contribution is 9.10. The van der Waals surface area contributed by atoms with Gasteiger partial charge in [-0.3, -0.25) is 0 Å². The number of hydrogen-bond acceptors (Lipinski definition) is 3. The van der Waals surface area contributed by atoms with Gasteiger partial charge in [-0.1, -0.05) is 0 Å². The summed E-state index contributed by atoms with van der Waals surface area (Å²) in [5, 5.41) is 5.75. The van der Waals surface area contributed by atoms with Crippen molar-refractivity contribution in [2.75, 3.05) is 13.2 Å². The van der Waals surface area contributed by atoms with Crippen LogP contribution in [-0.2, 0) is 4.74 Å². The van der Waals surface area contributed by atoms with Crippen LogP contribution in [0.2, 0.25) is 0 Å². The van der Waals surface area contributed by atoms with Gasteiger partial charge in [0.2, 0.25) is 0 Å². The Bertz CT molecular complexity index is 364. The van der Waals surface area contributed by atoms with Crippen molar-refractivity contribution in [2.45, 2.75) is 31.4 Å². The minimum Gasteiger partial charge on any atom is -0.372 e. The first-order chi connectivity index (χ1) is 7.84. The average Bonchev–Trinajstić information content (AvgIpc) is 2.83. The Kier molecular flexibility index (Phi) is 3.34. The summed E-state index contributed by atoms with van der Waals surface area (Å²) in [5.41, 5.74) is 0. The smallest absolute Gasteiger partial charge is 0.0969 e. The van der Waals surface area contributed by atoms with Crippen LogP contribution in [0, 0.1) is 5.92 Å². The molecule has 1 aromatic heterocycles. The summed E-state index contributed by atoms with van der Waals surface area (Å²) in [6.07, 6.45) is 4.22. The van der Waals surface area contributed by atoms with Crippen molar-refractivity contribution < 1.29 is 4.74 Å². The first-order valence-corrected chi connectivity index (χ1v) is 7.60. The van der Waals surface area contributed by atoms with Crippen LogP contribution in [-0.4, -0.2) is 19.2 Å². The van der Waals surface area contributed by atoms with Crippen LogP contribution in [0.3, 0.4) is 0 Å². The molecule has 16 heavy (non-hydrogen) atoms. The summed E-state index contributed by atoms with van der Waals surface area (Å²) in [4.78, 5) is 1.36. The molecule has 2 nitrogen and oxygen atoms in total. The van der Waals surface area contributed by atoms with Crippen LogP contribution >= 0.6 is 27.3 Å². The Balaban J connectivity index is 1.66. The summed E-state index contributed by atoms with van der Waals surface area (Å²) >= 11 is 5.41. The van der Waals surface area contributed by atoms with E-state index in [0.29, 0.717) is 12.0 Å². The van der Waals surface area contributed by atoms with Gasteiger partial charge in [-0.25, -0.2) is 0 Å². The lowest BCUT2D eigenvalue weighted by Gasteiger charge is -2.18. The van der Waals surface area contributed by atoms with Gasteiger partial charge in [-0.15, -0.1) is 11.3 Å². The van der Waals surface area contributed by atoms with Crippen molar-refractivity contribution in [2.24, 2.45) is 5.92 Å². The molecule has 1 N–H and O–H groups in total. The number of hydrogen-bond donors (Lipinski definition) is 1. The van der Waals surface area contributed by atoms with Crippen molar-refractivity contribution in [1.82, 2.24) is 5.32 Å². The summed E-state index contributed by atoms with van der Waals surface area (Å²) in [5.74, 6) is 0.649. The van der Waals surface area contributed by atoms with E-state index in [1.54, 1.807) is 11.3 Å². The number of halogens is 1. The number of rotatable bonds is 4. The molecule has 1 aromatic rings. The average molecular weight is 302 g/mol. The highest BCUT2D eigenvalue weighted by Crippen LogP contribution is 2.40. The van der Waals surface area contributed by atoms with Gasteiger partial charge >= 0.3 is 0 Å². The second-order valence-electron chi connectivity index (χ2n) is 4.66. The molecule has 0 amide bonds. The van der Waals surface area contributed by atoms with E-state index >= 15 is 0 Å². The third-order valence-corrected chi connectivity index (χ3v) is 5.30. The van der Waals surface area contributed by atoms with Gasteiger partial charge in [0, 0.05) is 34.5 Å². The molecule has 2 unspecified atom stereocenters. The van der Waals surface area contributed by atoms with E-state index in [9.17, 15) is 0 Å². The van der Waals surface area contributed by atoms with Crippen molar-refractivity contribution in [1.29, 1.82) is 0 Å². The van der Waals surface area contributed by atoms with Crippen LogP contribution in [0.15, 0.2) is 15.9 Å². The zero-order valence-electron chi connectivity index (χ0n) is 9.12. The van der Waals surface area contributed by atoms with Crippen LogP contribution < -0.4 is 5.32 Å². The van der Waals surface area contributed by atoms with Crippen molar-refractivity contribution in [3.63, 3.8) is 0 Å². The maximum absolute atomic E-state index is 5.88. The fourth-order valence-corrected chi connectivity index (χ4v) is 3.99. The van der Waals surface area contributed by atoms with Gasteiger partial charge in [-0.2, -0.15) is 0 Å². The molecular formula is C12H16BrNOS. The second-order valence-corrected chi connectivity index (χ2v) is 6.46. The minimum atomic E-state index is 0.306. The van der Waals surface area contributed by atoms with Gasteiger partial charge in [0.05, 0.1) is 6.10 Å². The van der Waals surface area contributed by atoms with Crippen molar-refractivity contribution in [3.05, 3.63) is 20.8 Å². The lowest BCUT2D eigenvalue weighted by molar-refractivity contribution is 0.0928. The Morgan fingerprint density at radius 2 is 2.31 bits per heavy atom. The SMILES string of the molecule is Brc1ccsc1C1OCCC1CNC1CC1. The van der Waals surface area contributed by atoms with Gasteiger partial charge in [0.1, 0.15) is 0 Å². The second kappa shape index (κ2) is 4.77. The molecule has 3 rings (SSSR count). The molecule has 0 bridgehead atoms. The fourth-order valence-electron chi connectivity index (χ4n) is 2.25. The van der Waals surface area contributed by atoms with E-state index < -0.39 is 0 Å². The van der Waals surface area contributed by atoms with E-state index in [4.69, 9.17) is 4.74 Å². The molecule has 2 aliphatic rings. The van der Waals surface area contributed by atoms with E-state index in [0.717, 1.165) is 19.2 Å². The number of thiophene rings is 1. The quantitative estimate of drug-likeness (QED) is 0.921. The van der Waals surface area contributed by atoms with Crippen LogP contribution in [0.25, 0.3) is 0 Å². The predicted molar refractivity (Wildman–Crippen MR) is 69.8 cm³/mol. The Morgan fingerprint density at radius 1 is 1.44 bits per heavy atom. The third-order valence-electron chi connectivity index (χ3n) is 3.36. The topological polar surface area (TPSA) is 21.3 Å². The molecule has 1 saturated carbocycles. The van der Waals surface area contributed by atoms with Crippen LogP contribution in [0.4, 0.5) is 0 Å². The molecule has 0 aromatic carbocycles. The molecule has 2 atom stereocenters. The summed E-state index contributed by atoms with van der Waals surface area (Å²) < 4.78 is 7.09. The Morgan fingerprint density at radius 3 is 3.00 bits per heavy atom. The highest BCUT2D eigenvalue weighted by Gasteiger charge is 2.33. The van der Waals surface area contributed by atoms with E-state index in [1.807, 2.05) is 0 Å². The van der Waals surface area contributed by atoms with Crippen LogP contribution in [0.1, 0.15) is 30.2 Å². The number of nitrogens with one attached hydrogen (secondary N) is 1. The molecule has 2 heterocycles. The summed E-state index contributed by atoms with van der Waals surface area (Å²) in [7, 11) is 0. The van der Waals surface area contributed by atoms with Crippen molar-refractivity contribution >= 4 is 27.3 Å². The molecule has 1 saturated heterocycles. The first kappa shape index (κ1) is 11.2. The Labute approximate surface area is 109 Å². The fraction of sp³-hybridized carbons (Fsp3) is 0.667. The molecule has 0 radical (unpaired) electrons.